The molecule has 0 amide bonds. The molecule has 0 fully saturated rings. The van der Waals surface area contributed by atoms with E-state index in [9.17, 15) is 25.0 Å². The van der Waals surface area contributed by atoms with Gasteiger partial charge in [-0.3, -0.25) is 24.9 Å². The monoisotopic (exact) mass is 362 g/mol. The van der Waals surface area contributed by atoms with Crippen molar-refractivity contribution >= 4 is 23.2 Å². The Morgan fingerprint density at radius 1 is 1.27 bits per heavy atom. The second-order valence-corrected chi connectivity index (χ2v) is 5.05. The average molecular weight is 362 g/mol. The Bertz CT molecular complexity index is 859. The number of nitro benzene ring substituents is 1. The standard InChI is InChI=1S/C14H14N6O6/c1-2-12(18-8-11(7-16-18)20(24)25)14(21)26-17-13(15)9-3-5-10(6-4-9)19(22)23/h3-8,12H,2H2,1H3,(H2,15,17). The van der Waals surface area contributed by atoms with E-state index >= 15 is 0 Å². The van der Waals surface area contributed by atoms with Crippen LogP contribution >= 0.6 is 0 Å². The van der Waals surface area contributed by atoms with Crippen LogP contribution < -0.4 is 5.73 Å². The topological polar surface area (TPSA) is 169 Å². The molecule has 0 radical (unpaired) electrons. The van der Waals surface area contributed by atoms with Crippen molar-refractivity contribution in [2.75, 3.05) is 0 Å². The first-order valence-corrected chi connectivity index (χ1v) is 7.31. The second-order valence-electron chi connectivity index (χ2n) is 5.05. The Morgan fingerprint density at radius 3 is 2.38 bits per heavy atom. The van der Waals surface area contributed by atoms with Gasteiger partial charge >= 0.3 is 11.7 Å². The van der Waals surface area contributed by atoms with Gasteiger partial charge in [0.05, 0.1) is 9.85 Å². The van der Waals surface area contributed by atoms with E-state index in [0.29, 0.717) is 5.56 Å². The fourth-order valence-corrected chi connectivity index (χ4v) is 2.02. The molecule has 1 unspecified atom stereocenters. The minimum atomic E-state index is -0.919. The van der Waals surface area contributed by atoms with Crippen LogP contribution in [-0.2, 0) is 9.63 Å². The summed E-state index contributed by atoms with van der Waals surface area (Å²) in [6.45, 7) is 1.67. The van der Waals surface area contributed by atoms with Gasteiger partial charge in [-0.1, -0.05) is 12.1 Å². The van der Waals surface area contributed by atoms with Crippen LogP contribution in [0.5, 0.6) is 0 Å². The lowest BCUT2D eigenvalue weighted by Crippen LogP contribution is -2.22. The van der Waals surface area contributed by atoms with Gasteiger partial charge in [0, 0.05) is 17.7 Å². The highest BCUT2D eigenvalue weighted by Crippen LogP contribution is 2.17. The lowest BCUT2D eigenvalue weighted by molar-refractivity contribution is -0.385. The zero-order valence-corrected chi connectivity index (χ0v) is 13.5. The van der Waals surface area contributed by atoms with Crippen molar-refractivity contribution in [1.29, 1.82) is 0 Å². The Labute approximate surface area is 146 Å². The van der Waals surface area contributed by atoms with E-state index in [4.69, 9.17) is 10.6 Å². The van der Waals surface area contributed by atoms with Crippen LogP contribution in [0.3, 0.4) is 0 Å². The number of rotatable bonds is 7. The third-order valence-electron chi connectivity index (χ3n) is 3.38. The van der Waals surface area contributed by atoms with Gasteiger partial charge in [-0.25, -0.2) is 4.79 Å². The van der Waals surface area contributed by atoms with Crippen LogP contribution in [0.15, 0.2) is 41.8 Å². The smallest absolute Gasteiger partial charge is 0.359 e. The van der Waals surface area contributed by atoms with Crippen molar-refractivity contribution in [1.82, 2.24) is 9.78 Å². The number of nitrogens with zero attached hydrogens (tertiary/aromatic N) is 5. The summed E-state index contributed by atoms with van der Waals surface area (Å²) < 4.78 is 1.11. The molecule has 0 aliphatic rings. The summed E-state index contributed by atoms with van der Waals surface area (Å²) in [5, 5.41) is 28.6. The van der Waals surface area contributed by atoms with E-state index in [-0.39, 0.29) is 23.6 Å². The number of carbonyl (C=O) groups excluding carboxylic acids is 1. The number of carbonyl (C=O) groups is 1. The van der Waals surface area contributed by atoms with E-state index < -0.39 is 21.9 Å². The molecule has 0 aliphatic heterocycles. The zero-order valence-electron chi connectivity index (χ0n) is 13.5. The Balaban J connectivity index is 2.09. The SMILES string of the molecule is CCC(C(=O)O/N=C(\N)c1ccc([N+](=O)[O-])cc1)n1cc([N+](=O)[O-])cn1. The number of aromatic nitrogens is 2. The van der Waals surface area contributed by atoms with Crippen molar-refractivity contribution in [2.24, 2.45) is 10.9 Å². The third kappa shape index (κ3) is 4.17. The van der Waals surface area contributed by atoms with E-state index in [1.54, 1.807) is 6.92 Å². The van der Waals surface area contributed by atoms with E-state index in [2.05, 4.69) is 10.3 Å². The largest absolute Gasteiger partial charge is 0.380 e. The summed E-state index contributed by atoms with van der Waals surface area (Å²) in [4.78, 5) is 37.0. The van der Waals surface area contributed by atoms with Crippen LogP contribution in [0, 0.1) is 20.2 Å². The van der Waals surface area contributed by atoms with Crippen molar-refractivity contribution in [3.63, 3.8) is 0 Å². The molecule has 12 nitrogen and oxygen atoms in total. The fraction of sp³-hybridized carbons (Fsp3) is 0.214. The molecule has 2 rings (SSSR count). The summed E-state index contributed by atoms with van der Waals surface area (Å²) in [5.74, 6) is -0.968. The highest BCUT2D eigenvalue weighted by molar-refractivity contribution is 5.97. The first-order valence-electron chi connectivity index (χ1n) is 7.31. The minimum Gasteiger partial charge on any atom is -0.380 e. The first kappa shape index (κ1) is 18.5. The number of benzene rings is 1. The summed E-state index contributed by atoms with van der Waals surface area (Å²) in [6, 6.07) is 4.27. The first-order chi connectivity index (χ1) is 12.3. The minimum absolute atomic E-state index is 0.120. The van der Waals surface area contributed by atoms with Crippen molar-refractivity contribution in [3.8, 4) is 0 Å². The lowest BCUT2D eigenvalue weighted by Gasteiger charge is -2.11. The third-order valence-corrected chi connectivity index (χ3v) is 3.38. The predicted molar refractivity (Wildman–Crippen MR) is 88.1 cm³/mol. The van der Waals surface area contributed by atoms with Gasteiger partial charge in [-0.05, 0) is 18.6 Å². The van der Waals surface area contributed by atoms with Crippen LogP contribution in [0.1, 0.15) is 24.9 Å². The maximum absolute atomic E-state index is 12.1. The Hall–Kier alpha value is -3.83. The molecule has 2 aromatic rings. The number of hydrogen-bond donors (Lipinski definition) is 1. The van der Waals surface area contributed by atoms with Gasteiger partial charge in [0.1, 0.15) is 12.4 Å². The van der Waals surface area contributed by atoms with E-state index in [1.807, 2.05) is 0 Å². The molecule has 0 saturated carbocycles. The van der Waals surface area contributed by atoms with Crippen LogP contribution in [0.25, 0.3) is 0 Å². The number of non-ortho nitro benzene ring substituents is 1. The van der Waals surface area contributed by atoms with Crippen LogP contribution in [0.4, 0.5) is 11.4 Å². The molecule has 136 valence electrons. The maximum atomic E-state index is 12.1. The van der Waals surface area contributed by atoms with Gasteiger partial charge in [-0.15, -0.1) is 0 Å². The molecule has 0 saturated heterocycles. The molecular formula is C14H14N6O6. The van der Waals surface area contributed by atoms with Gasteiger partial charge in [0.15, 0.2) is 11.9 Å². The maximum Gasteiger partial charge on any atom is 0.359 e. The van der Waals surface area contributed by atoms with Crippen molar-refractivity contribution in [3.05, 3.63) is 62.5 Å². The molecule has 1 aromatic carbocycles. The fourth-order valence-electron chi connectivity index (χ4n) is 2.02. The molecule has 26 heavy (non-hydrogen) atoms. The zero-order chi connectivity index (χ0) is 19.3. The molecule has 2 N–H and O–H groups in total. The number of hydrogen-bond acceptors (Lipinski definition) is 8. The molecule has 1 aromatic heterocycles. The van der Waals surface area contributed by atoms with Gasteiger partial charge in [0.25, 0.3) is 5.69 Å². The number of nitro groups is 2. The highest BCUT2D eigenvalue weighted by Gasteiger charge is 2.24. The molecule has 0 bridgehead atoms. The van der Waals surface area contributed by atoms with Crippen LogP contribution in [-0.4, -0.2) is 31.4 Å². The normalized spacial score (nSPS) is 12.4. The molecule has 1 atom stereocenters. The highest BCUT2D eigenvalue weighted by atomic mass is 16.7. The quantitative estimate of drug-likeness (QED) is 0.254. The van der Waals surface area contributed by atoms with Crippen molar-refractivity contribution < 1.29 is 19.5 Å². The molecular weight excluding hydrogens is 348 g/mol. The summed E-state index contributed by atoms with van der Waals surface area (Å²) in [7, 11) is 0. The summed E-state index contributed by atoms with van der Waals surface area (Å²) in [6.07, 6.45) is 2.38. The molecule has 0 aliphatic carbocycles. The molecule has 0 spiro atoms. The predicted octanol–water partition coefficient (Wildman–Crippen LogP) is 1.51. The number of amidine groups is 1. The number of nitrogens with two attached hydrogens (primary N) is 1. The Morgan fingerprint density at radius 2 is 1.88 bits per heavy atom. The van der Waals surface area contributed by atoms with Crippen LogP contribution in [0.2, 0.25) is 0 Å². The van der Waals surface area contributed by atoms with Gasteiger partial charge in [-0.2, -0.15) is 5.10 Å². The van der Waals surface area contributed by atoms with E-state index in [1.165, 1.54) is 24.3 Å². The van der Waals surface area contributed by atoms with Crippen molar-refractivity contribution in [2.45, 2.75) is 19.4 Å². The summed E-state index contributed by atoms with van der Waals surface area (Å²) in [5.41, 5.74) is 5.63. The molecule has 1 heterocycles. The van der Waals surface area contributed by atoms with Gasteiger partial charge in [0.2, 0.25) is 0 Å². The second kappa shape index (κ2) is 7.83. The van der Waals surface area contributed by atoms with E-state index in [0.717, 1.165) is 17.1 Å². The summed E-state index contributed by atoms with van der Waals surface area (Å²) >= 11 is 0. The van der Waals surface area contributed by atoms with Gasteiger partial charge < -0.3 is 10.6 Å². The Kier molecular flexibility index (Phi) is 5.57. The molecule has 12 heteroatoms. The lowest BCUT2D eigenvalue weighted by atomic mass is 10.2. The number of oxime groups is 1. The average Bonchev–Trinajstić information content (AvgIpc) is 3.10.